The molecule has 14 nitrogen and oxygen atoms in total. The Morgan fingerprint density at radius 2 is 1.55 bits per heavy atom. The van der Waals surface area contributed by atoms with Crippen LogP contribution in [0.25, 0.3) is 11.0 Å². The van der Waals surface area contributed by atoms with Crippen LogP contribution in [-0.2, 0) is 43.4 Å². The van der Waals surface area contributed by atoms with Gasteiger partial charge in [-0.1, -0.05) is 54.6 Å². The van der Waals surface area contributed by atoms with Gasteiger partial charge in [-0.25, -0.2) is 0 Å². The smallest absolute Gasteiger partial charge is 0.245 e. The number of nitrogens with zero attached hydrogens (tertiary/aromatic N) is 3. The normalized spacial score (nSPS) is 21.5. The zero-order valence-electron chi connectivity index (χ0n) is 27.0. The zero-order valence-corrected chi connectivity index (χ0v) is 27.0. The zero-order chi connectivity index (χ0) is 34.4. The number of fused-ring (bicyclic) bond motifs is 16. The predicted molar refractivity (Wildman–Crippen MR) is 178 cm³/mol. The van der Waals surface area contributed by atoms with Gasteiger partial charge in [0.1, 0.15) is 53.6 Å². The molecule has 14 heteroatoms. The summed E-state index contributed by atoms with van der Waals surface area (Å²) in [6.45, 7) is 1.68. The molecule has 1 saturated carbocycles. The van der Waals surface area contributed by atoms with Crippen molar-refractivity contribution in [2.75, 3.05) is 13.2 Å². The van der Waals surface area contributed by atoms with Gasteiger partial charge >= 0.3 is 0 Å². The van der Waals surface area contributed by atoms with Crippen molar-refractivity contribution in [3.05, 3.63) is 90.0 Å². The molecule has 2 aliphatic heterocycles. The van der Waals surface area contributed by atoms with Gasteiger partial charge in [-0.2, -0.15) is 15.0 Å². The van der Waals surface area contributed by atoms with E-state index in [9.17, 15) is 24.0 Å². The Bertz CT molecular complexity index is 1810. The Balaban J connectivity index is 1.21. The van der Waals surface area contributed by atoms with Gasteiger partial charge in [0.2, 0.25) is 29.5 Å². The number of hydrogen-bond donors (Lipinski definition) is 5. The standard InChI is InChI=1S/C35H38N8O6/c1-22-31(45)39-29(19-23-7-3-2-4-8-23)33(47)40-35(15-16-35)34(48)36-17-18-49-25-13-11-24(12-14-25)20-28(32(46)37-22)38-30(44)21-43-41-26-9-5-6-10-27(26)42-43/h2-14,22,28-29H,15-21H2,1H3,(H,36,48)(H,37,46)(H,38,44)(H,39,45)(H,40,47)/t22-,28-,29+/m0/s1. The first kappa shape index (κ1) is 33.1. The van der Waals surface area contributed by atoms with E-state index in [4.69, 9.17) is 4.74 Å². The number of hydrogen-bond acceptors (Lipinski definition) is 8. The van der Waals surface area contributed by atoms with Crippen LogP contribution in [-0.4, -0.2) is 81.3 Å². The molecule has 0 saturated heterocycles. The van der Waals surface area contributed by atoms with Gasteiger partial charge in [-0.05, 0) is 55.2 Å². The van der Waals surface area contributed by atoms with Crippen molar-refractivity contribution in [2.24, 2.45) is 0 Å². The topological polar surface area (TPSA) is 185 Å². The molecule has 1 aliphatic carbocycles. The molecule has 2 bridgehead atoms. The fourth-order valence-electron chi connectivity index (χ4n) is 5.60. The summed E-state index contributed by atoms with van der Waals surface area (Å²) in [6.07, 6.45) is 1.20. The average Bonchev–Trinajstić information content (AvgIpc) is 3.76. The van der Waals surface area contributed by atoms with Crippen LogP contribution >= 0.6 is 0 Å². The van der Waals surface area contributed by atoms with Crippen molar-refractivity contribution >= 4 is 40.6 Å². The van der Waals surface area contributed by atoms with Gasteiger partial charge < -0.3 is 31.3 Å². The van der Waals surface area contributed by atoms with E-state index in [1.807, 2.05) is 42.5 Å². The van der Waals surface area contributed by atoms with Crippen molar-refractivity contribution in [3.8, 4) is 5.75 Å². The third kappa shape index (κ3) is 8.39. The van der Waals surface area contributed by atoms with Crippen LogP contribution in [0.3, 0.4) is 0 Å². The lowest BCUT2D eigenvalue weighted by molar-refractivity contribution is -0.134. The minimum atomic E-state index is -1.07. The molecular formula is C35H38N8O6. The van der Waals surface area contributed by atoms with Gasteiger partial charge in [-0.15, -0.1) is 0 Å². The molecule has 3 aliphatic rings. The van der Waals surface area contributed by atoms with Crippen LogP contribution in [0, 0.1) is 0 Å². The van der Waals surface area contributed by atoms with Crippen LogP contribution < -0.4 is 31.3 Å². The lowest BCUT2D eigenvalue weighted by atomic mass is 10.0. The molecule has 4 aromatic rings. The van der Waals surface area contributed by atoms with E-state index in [1.165, 1.54) is 11.7 Å². The molecule has 5 N–H and O–H groups in total. The number of nitrogens with one attached hydrogen (secondary N) is 5. The Kier molecular flexibility index (Phi) is 9.83. The first-order valence-electron chi connectivity index (χ1n) is 16.2. The molecule has 5 amide bonds. The summed E-state index contributed by atoms with van der Waals surface area (Å²) in [6, 6.07) is 20.2. The second-order valence-electron chi connectivity index (χ2n) is 12.3. The fraction of sp³-hybridized carbons (Fsp3) is 0.343. The lowest BCUT2D eigenvalue weighted by Crippen LogP contribution is -2.59. The van der Waals surface area contributed by atoms with Crippen LogP contribution in [0.2, 0.25) is 0 Å². The summed E-state index contributed by atoms with van der Waals surface area (Å²) in [7, 11) is 0. The Morgan fingerprint density at radius 1 is 0.878 bits per heavy atom. The van der Waals surface area contributed by atoms with Crippen LogP contribution in [0.5, 0.6) is 5.75 Å². The van der Waals surface area contributed by atoms with E-state index >= 15 is 0 Å². The summed E-state index contributed by atoms with van der Waals surface area (Å²) in [5.74, 6) is -1.97. The van der Waals surface area contributed by atoms with E-state index < -0.39 is 47.3 Å². The van der Waals surface area contributed by atoms with Crippen molar-refractivity contribution in [1.82, 2.24) is 41.6 Å². The maximum absolute atomic E-state index is 13.7. The highest BCUT2D eigenvalue weighted by molar-refractivity contribution is 5.98. The first-order chi connectivity index (χ1) is 23.7. The fourth-order valence-corrected chi connectivity index (χ4v) is 5.60. The molecule has 254 valence electrons. The highest BCUT2D eigenvalue weighted by Gasteiger charge is 2.51. The first-order valence-corrected chi connectivity index (χ1v) is 16.2. The van der Waals surface area contributed by atoms with E-state index in [0.29, 0.717) is 29.6 Å². The van der Waals surface area contributed by atoms with E-state index in [2.05, 4.69) is 36.8 Å². The van der Waals surface area contributed by atoms with Crippen LogP contribution in [0.15, 0.2) is 78.9 Å². The van der Waals surface area contributed by atoms with Gasteiger partial charge in [-0.3, -0.25) is 24.0 Å². The van der Waals surface area contributed by atoms with E-state index in [1.54, 1.807) is 36.4 Å². The van der Waals surface area contributed by atoms with Gasteiger partial charge in [0, 0.05) is 12.8 Å². The number of benzene rings is 3. The number of aromatic nitrogens is 3. The summed E-state index contributed by atoms with van der Waals surface area (Å²) in [5.41, 5.74) is 1.72. The third-order valence-electron chi connectivity index (χ3n) is 8.50. The highest BCUT2D eigenvalue weighted by Crippen LogP contribution is 2.35. The van der Waals surface area contributed by atoms with Crippen molar-refractivity contribution in [2.45, 2.75) is 62.8 Å². The van der Waals surface area contributed by atoms with Crippen molar-refractivity contribution < 1.29 is 28.7 Å². The van der Waals surface area contributed by atoms with Gasteiger partial charge in [0.05, 0.1) is 6.54 Å². The van der Waals surface area contributed by atoms with Gasteiger partial charge in [0.25, 0.3) is 0 Å². The monoisotopic (exact) mass is 666 g/mol. The number of amides is 5. The highest BCUT2D eigenvalue weighted by atomic mass is 16.5. The summed E-state index contributed by atoms with van der Waals surface area (Å²) < 4.78 is 5.80. The molecule has 3 atom stereocenters. The van der Waals surface area contributed by atoms with Crippen molar-refractivity contribution in [1.29, 1.82) is 0 Å². The second kappa shape index (κ2) is 14.5. The largest absolute Gasteiger partial charge is 0.492 e. The molecule has 1 spiro atoms. The molecule has 1 aromatic heterocycles. The van der Waals surface area contributed by atoms with Crippen molar-refractivity contribution in [3.63, 3.8) is 0 Å². The minimum Gasteiger partial charge on any atom is -0.492 e. The quantitative estimate of drug-likeness (QED) is 0.191. The lowest BCUT2D eigenvalue weighted by Gasteiger charge is -2.25. The SMILES string of the molecule is C[C@@H]1NC(=O)[C@@H](NC(=O)Cn2nc3ccccc3n2)Cc2ccc(cc2)OCCNC(=O)C2(CC2)NC(=O)[C@@H](Cc2ccccc2)NC1=O. The predicted octanol–water partition coefficient (Wildman–Crippen LogP) is 0.548. The van der Waals surface area contributed by atoms with Crippen LogP contribution in [0.1, 0.15) is 30.9 Å². The molecule has 49 heavy (non-hydrogen) atoms. The molecule has 1 fully saturated rings. The maximum atomic E-state index is 13.7. The third-order valence-corrected chi connectivity index (χ3v) is 8.50. The Labute approximate surface area is 282 Å². The Hall–Kier alpha value is -5.79. The number of rotatable bonds is 5. The minimum absolute atomic E-state index is 0.109. The molecular weight excluding hydrogens is 628 g/mol. The average molecular weight is 667 g/mol. The summed E-state index contributed by atoms with van der Waals surface area (Å²) >= 11 is 0. The molecule has 0 unspecified atom stereocenters. The number of ether oxygens (including phenoxy) is 1. The molecule has 0 radical (unpaired) electrons. The molecule has 7 rings (SSSR count). The second-order valence-corrected chi connectivity index (χ2v) is 12.3. The summed E-state index contributed by atoms with van der Waals surface area (Å²) in [5, 5.41) is 22.6. The molecule has 3 heterocycles. The van der Waals surface area contributed by atoms with Crippen LogP contribution in [0.4, 0.5) is 0 Å². The number of carbonyl (C=O) groups is 5. The van der Waals surface area contributed by atoms with E-state index in [-0.39, 0.29) is 38.4 Å². The van der Waals surface area contributed by atoms with E-state index in [0.717, 1.165) is 11.1 Å². The maximum Gasteiger partial charge on any atom is 0.245 e. The summed E-state index contributed by atoms with van der Waals surface area (Å²) in [4.78, 5) is 68.2. The Morgan fingerprint density at radius 3 is 2.22 bits per heavy atom. The number of carbonyl (C=O) groups excluding carboxylic acids is 5. The van der Waals surface area contributed by atoms with Gasteiger partial charge in [0.15, 0.2) is 0 Å². The molecule has 3 aromatic carbocycles.